The summed E-state index contributed by atoms with van der Waals surface area (Å²) < 4.78 is 3.82. The number of halogens is 1. The molecule has 7 nitrogen and oxygen atoms in total. The number of aromatic nitrogens is 5. The molecule has 1 aromatic carbocycles. The average Bonchev–Trinajstić information content (AvgIpc) is 2.88. The minimum Gasteiger partial charge on any atom is -0.412 e. The van der Waals surface area contributed by atoms with Gasteiger partial charge in [0.1, 0.15) is 5.03 Å². The van der Waals surface area contributed by atoms with Gasteiger partial charge in [0.25, 0.3) is 0 Å². The summed E-state index contributed by atoms with van der Waals surface area (Å²) in [6, 6.07) is 7.41. The number of rotatable bonds is 4. The maximum atomic E-state index is 11.8. The highest BCUT2D eigenvalue weighted by Crippen LogP contribution is 2.29. The van der Waals surface area contributed by atoms with E-state index in [0.29, 0.717) is 10.8 Å². The number of thioether (sulfide) groups is 1. The molecular weight excluding hydrogens is 358 g/mol. The van der Waals surface area contributed by atoms with Crippen LogP contribution in [0.1, 0.15) is 5.56 Å². The smallest absolute Gasteiger partial charge is 0.364 e. The van der Waals surface area contributed by atoms with Gasteiger partial charge in [-0.15, -0.1) is 9.94 Å². The van der Waals surface area contributed by atoms with Gasteiger partial charge < -0.3 is 5.21 Å². The van der Waals surface area contributed by atoms with Crippen molar-refractivity contribution in [3.8, 4) is 5.69 Å². The number of aromatic amines is 1. The highest BCUT2D eigenvalue weighted by Gasteiger charge is 2.14. The fourth-order valence-corrected chi connectivity index (χ4v) is 3.49. The first-order valence-corrected chi connectivity index (χ1v) is 7.83. The van der Waals surface area contributed by atoms with Crippen molar-refractivity contribution >= 4 is 27.7 Å². The molecule has 0 aliphatic rings. The molecule has 0 fully saturated rings. The minimum atomic E-state index is -0.112. The lowest BCUT2D eigenvalue weighted by Gasteiger charge is -2.17. The van der Waals surface area contributed by atoms with Crippen LogP contribution in [-0.2, 0) is 12.8 Å². The molecule has 0 aliphatic carbocycles. The summed E-state index contributed by atoms with van der Waals surface area (Å²) >= 11 is 4.99. The number of nitrogens with one attached hydrogen (secondary N) is 1. The number of hydrogen-bond acceptors (Lipinski definition) is 4. The van der Waals surface area contributed by atoms with E-state index in [9.17, 15) is 10.0 Å². The molecule has 3 aromatic rings. The van der Waals surface area contributed by atoms with Crippen LogP contribution in [0.25, 0.3) is 5.69 Å². The molecule has 3 rings (SSSR count). The highest BCUT2D eigenvalue weighted by molar-refractivity contribution is 9.10. The standard InChI is InChI=1S/C12H12BrN5O2S/c1-16-12(19)18(15-16)10-4-2-3-9(13)8(10)7-21-11-5-6-17(20)14-11/h2-6,15,20H,7H2,1H3. The average molecular weight is 370 g/mol. The van der Waals surface area contributed by atoms with E-state index in [1.54, 1.807) is 13.1 Å². The second-order valence-corrected chi connectivity index (χ2v) is 6.23. The van der Waals surface area contributed by atoms with Crippen molar-refractivity contribution in [2.75, 3.05) is 0 Å². The molecule has 0 unspecified atom stereocenters. The van der Waals surface area contributed by atoms with E-state index in [1.807, 2.05) is 18.2 Å². The normalized spacial score (nSPS) is 11.1. The lowest BCUT2D eigenvalue weighted by Crippen LogP contribution is -2.40. The molecule has 21 heavy (non-hydrogen) atoms. The van der Waals surface area contributed by atoms with Gasteiger partial charge in [0.2, 0.25) is 0 Å². The quantitative estimate of drug-likeness (QED) is 0.544. The van der Waals surface area contributed by atoms with Crippen LogP contribution in [0.4, 0.5) is 0 Å². The van der Waals surface area contributed by atoms with E-state index >= 15 is 0 Å². The van der Waals surface area contributed by atoms with Crippen molar-refractivity contribution in [2.24, 2.45) is 7.05 Å². The Kier molecular flexibility index (Phi) is 3.68. The third-order valence-corrected chi connectivity index (χ3v) is 4.67. The van der Waals surface area contributed by atoms with E-state index in [2.05, 4.69) is 26.2 Å². The summed E-state index contributed by atoms with van der Waals surface area (Å²) in [5.74, 6) is 0.614. The van der Waals surface area contributed by atoms with Gasteiger partial charge >= 0.3 is 5.69 Å². The number of benzene rings is 1. The van der Waals surface area contributed by atoms with Crippen LogP contribution in [-0.4, -0.2) is 29.7 Å². The molecule has 9 heteroatoms. The van der Waals surface area contributed by atoms with Crippen LogP contribution in [0.5, 0.6) is 0 Å². The molecule has 2 heterocycles. The van der Waals surface area contributed by atoms with Crippen molar-refractivity contribution in [2.45, 2.75) is 10.8 Å². The Hall–Kier alpha value is -1.87. The second kappa shape index (κ2) is 5.49. The van der Waals surface area contributed by atoms with E-state index < -0.39 is 0 Å². The fourth-order valence-electron chi connectivity index (χ4n) is 1.92. The Morgan fingerprint density at radius 3 is 2.86 bits per heavy atom. The van der Waals surface area contributed by atoms with Crippen molar-refractivity contribution in [1.82, 2.24) is 24.5 Å². The number of H-pyrrole nitrogens is 1. The molecule has 0 saturated carbocycles. The molecule has 2 aromatic heterocycles. The first kappa shape index (κ1) is 14.1. The van der Waals surface area contributed by atoms with E-state index in [0.717, 1.165) is 20.6 Å². The van der Waals surface area contributed by atoms with Crippen LogP contribution < -0.4 is 5.69 Å². The predicted molar refractivity (Wildman–Crippen MR) is 82.0 cm³/mol. The van der Waals surface area contributed by atoms with Gasteiger partial charge in [-0.1, -0.05) is 33.8 Å². The highest BCUT2D eigenvalue weighted by atomic mass is 79.9. The van der Waals surface area contributed by atoms with Gasteiger partial charge in [-0.05, 0) is 18.2 Å². The third kappa shape index (κ3) is 2.66. The summed E-state index contributed by atoms with van der Waals surface area (Å²) in [4.78, 5) is 12.6. The van der Waals surface area contributed by atoms with Crippen LogP contribution in [0.3, 0.4) is 0 Å². The van der Waals surface area contributed by atoms with Gasteiger partial charge in [-0.3, -0.25) is 0 Å². The summed E-state index contributed by atoms with van der Waals surface area (Å²) in [5, 5.41) is 16.7. The first-order chi connectivity index (χ1) is 10.1. The van der Waals surface area contributed by atoms with Crippen molar-refractivity contribution in [3.63, 3.8) is 0 Å². The van der Waals surface area contributed by atoms with Gasteiger partial charge in [0, 0.05) is 22.8 Å². The zero-order valence-electron chi connectivity index (χ0n) is 11.0. The van der Waals surface area contributed by atoms with Crippen LogP contribution in [0.15, 0.2) is 44.8 Å². The molecule has 0 spiro atoms. The van der Waals surface area contributed by atoms with Crippen molar-refractivity contribution in [1.29, 1.82) is 0 Å². The number of aryl methyl sites for hydroxylation is 1. The third-order valence-electron chi connectivity index (χ3n) is 2.98. The van der Waals surface area contributed by atoms with Crippen molar-refractivity contribution < 1.29 is 5.21 Å². The maximum Gasteiger partial charge on any atom is 0.364 e. The molecule has 110 valence electrons. The first-order valence-electron chi connectivity index (χ1n) is 6.05. The predicted octanol–water partition coefficient (Wildman–Crippen LogP) is 1.99. The summed E-state index contributed by atoms with van der Waals surface area (Å²) in [6.07, 6.45) is 1.47. The topological polar surface area (TPSA) is 80.8 Å². The van der Waals surface area contributed by atoms with Gasteiger partial charge in [-0.25, -0.2) is 14.7 Å². The lowest BCUT2D eigenvalue weighted by atomic mass is 10.2. The fraction of sp³-hybridized carbons (Fsp3) is 0.167. The van der Waals surface area contributed by atoms with E-state index in [-0.39, 0.29) is 5.69 Å². The zero-order chi connectivity index (χ0) is 15.0. The summed E-state index contributed by atoms with van der Waals surface area (Å²) in [7, 11) is 1.67. The van der Waals surface area contributed by atoms with Gasteiger partial charge in [-0.2, -0.15) is 4.68 Å². The number of nitrogens with zero attached hydrogens (tertiary/aromatic N) is 4. The molecule has 0 saturated heterocycles. The Balaban J connectivity index is 1.91. The van der Waals surface area contributed by atoms with E-state index in [1.165, 1.54) is 27.3 Å². The summed E-state index contributed by atoms with van der Waals surface area (Å²) in [6.45, 7) is 0. The molecule has 0 amide bonds. The zero-order valence-corrected chi connectivity index (χ0v) is 13.4. The van der Waals surface area contributed by atoms with Crippen LogP contribution in [0.2, 0.25) is 0 Å². The van der Waals surface area contributed by atoms with Gasteiger partial charge in [0.05, 0.1) is 11.9 Å². The minimum absolute atomic E-state index is 0.112. The molecule has 2 N–H and O–H groups in total. The monoisotopic (exact) mass is 369 g/mol. The Morgan fingerprint density at radius 2 is 2.24 bits per heavy atom. The SMILES string of the molecule is Cn1[nH]n(-c2cccc(Br)c2CSc2ccn(O)n2)c1=O. The molecule has 0 bridgehead atoms. The molecule has 0 atom stereocenters. The largest absolute Gasteiger partial charge is 0.412 e. The van der Waals surface area contributed by atoms with Crippen LogP contribution in [0, 0.1) is 0 Å². The second-order valence-electron chi connectivity index (χ2n) is 4.38. The Bertz CT molecular complexity index is 831. The van der Waals surface area contributed by atoms with Crippen molar-refractivity contribution in [3.05, 3.63) is 51.0 Å². The maximum absolute atomic E-state index is 11.8. The molecule has 0 radical (unpaired) electrons. The van der Waals surface area contributed by atoms with Gasteiger partial charge in [0.15, 0.2) is 0 Å². The Morgan fingerprint density at radius 1 is 1.43 bits per heavy atom. The molecule has 0 aliphatic heterocycles. The lowest BCUT2D eigenvalue weighted by molar-refractivity contribution is 0.145. The van der Waals surface area contributed by atoms with E-state index in [4.69, 9.17) is 0 Å². The number of hydrogen-bond donors (Lipinski definition) is 2. The molecular formula is C12H12BrN5O2S. The summed E-state index contributed by atoms with van der Waals surface area (Å²) in [5.41, 5.74) is 1.66. The Labute approximate surface area is 132 Å². The van der Waals surface area contributed by atoms with Crippen LogP contribution >= 0.6 is 27.7 Å².